The summed E-state index contributed by atoms with van der Waals surface area (Å²) in [6, 6.07) is 15.4. The number of benzene rings is 2. The van der Waals surface area contributed by atoms with Crippen LogP contribution in [0.25, 0.3) is 5.69 Å². The van der Waals surface area contributed by atoms with Crippen LogP contribution in [0, 0.1) is 0 Å². The average molecular weight is 385 g/mol. The van der Waals surface area contributed by atoms with E-state index < -0.39 is 0 Å². The lowest BCUT2D eigenvalue weighted by atomic mass is 10.1. The third-order valence-electron chi connectivity index (χ3n) is 4.06. The van der Waals surface area contributed by atoms with Gasteiger partial charge in [-0.2, -0.15) is 5.10 Å². The third-order valence-corrected chi connectivity index (χ3v) is 4.76. The Kier molecular flexibility index (Phi) is 4.76. The minimum Gasteiger partial charge on any atom is -0.335 e. The number of aromatic nitrogens is 3. The van der Waals surface area contributed by atoms with Gasteiger partial charge in [-0.05, 0) is 52.7 Å². The van der Waals surface area contributed by atoms with Crippen molar-refractivity contribution in [1.82, 2.24) is 19.7 Å². The van der Waals surface area contributed by atoms with Crippen molar-refractivity contribution in [3.05, 3.63) is 76.8 Å². The van der Waals surface area contributed by atoms with Crippen molar-refractivity contribution in [1.29, 1.82) is 0 Å². The molecule has 0 aliphatic carbocycles. The van der Waals surface area contributed by atoms with E-state index >= 15 is 0 Å². The molecule has 0 radical (unpaired) electrons. The van der Waals surface area contributed by atoms with Crippen LogP contribution in [0.1, 0.15) is 28.9 Å². The van der Waals surface area contributed by atoms with E-state index in [0.717, 1.165) is 15.7 Å². The fourth-order valence-electron chi connectivity index (χ4n) is 2.47. The van der Waals surface area contributed by atoms with E-state index in [9.17, 15) is 4.79 Å². The Bertz CT molecular complexity index is 830. The van der Waals surface area contributed by atoms with Crippen LogP contribution in [0.3, 0.4) is 0 Å². The topological polar surface area (TPSA) is 51.0 Å². The summed E-state index contributed by atoms with van der Waals surface area (Å²) in [6.07, 6.45) is 3.15. The van der Waals surface area contributed by atoms with Gasteiger partial charge in [-0.3, -0.25) is 4.79 Å². The number of halogens is 1. The van der Waals surface area contributed by atoms with Crippen LogP contribution in [0.15, 0.2) is 65.7 Å². The molecule has 0 spiro atoms. The quantitative estimate of drug-likeness (QED) is 0.685. The molecule has 0 fully saturated rings. The van der Waals surface area contributed by atoms with Gasteiger partial charge in [-0.15, -0.1) is 0 Å². The van der Waals surface area contributed by atoms with E-state index in [1.54, 1.807) is 15.9 Å². The molecule has 122 valence electrons. The Morgan fingerprint density at radius 3 is 2.50 bits per heavy atom. The molecule has 6 heteroatoms. The molecule has 0 saturated carbocycles. The maximum atomic E-state index is 12.7. The summed E-state index contributed by atoms with van der Waals surface area (Å²) in [7, 11) is 1.82. The molecule has 0 N–H and O–H groups in total. The SMILES string of the molecule is C[C@@H](c1ccc(-n2cncn2)cc1)N(C)C(=O)c1ccccc1Br. The van der Waals surface area contributed by atoms with Gasteiger partial charge >= 0.3 is 0 Å². The van der Waals surface area contributed by atoms with Crippen LogP contribution < -0.4 is 0 Å². The van der Waals surface area contributed by atoms with Crippen molar-refractivity contribution in [3.63, 3.8) is 0 Å². The Morgan fingerprint density at radius 2 is 1.88 bits per heavy atom. The second-order valence-electron chi connectivity index (χ2n) is 5.50. The van der Waals surface area contributed by atoms with Crippen molar-refractivity contribution >= 4 is 21.8 Å². The first-order valence-corrected chi connectivity index (χ1v) is 8.34. The minimum absolute atomic E-state index is 0.0182. The number of hydrogen-bond acceptors (Lipinski definition) is 3. The van der Waals surface area contributed by atoms with Gasteiger partial charge in [0.2, 0.25) is 0 Å². The van der Waals surface area contributed by atoms with Gasteiger partial charge in [0.25, 0.3) is 5.91 Å². The van der Waals surface area contributed by atoms with E-state index in [0.29, 0.717) is 5.56 Å². The molecule has 3 rings (SSSR count). The minimum atomic E-state index is -0.0468. The molecule has 0 saturated heterocycles. The Hall–Kier alpha value is -2.47. The summed E-state index contributed by atoms with van der Waals surface area (Å²) < 4.78 is 2.50. The lowest BCUT2D eigenvalue weighted by molar-refractivity contribution is 0.0741. The number of carbonyl (C=O) groups is 1. The van der Waals surface area contributed by atoms with Gasteiger partial charge in [-0.1, -0.05) is 24.3 Å². The number of carbonyl (C=O) groups excluding carboxylic acids is 1. The van der Waals surface area contributed by atoms with E-state index in [2.05, 4.69) is 26.0 Å². The van der Waals surface area contributed by atoms with Crippen LogP contribution in [0.2, 0.25) is 0 Å². The molecule has 1 amide bonds. The Morgan fingerprint density at radius 1 is 1.17 bits per heavy atom. The molecule has 24 heavy (non-hydrogen) atoms. The van der Waals surface area contributed by atoms with E-state index in [4.69, 9.17) is 0 Å². The van der Waals surface area contributed by atoms with Crippen LogP contribution in [0.5, 0.6) is 0 Å². The predicted octanol–water partition coefficient (Wildman–Crippen LogP) is 3.86. The van der Waals surface area contributed by atoms with Crippen LogP contribution >= 0.6 is 15.9 Å². The lowest BCUT2D eigenvalue weighted by Gasteiger charge is -2.26. The van der Waals surface area contributed by atoms with Crippen LogP contribution in [-0.2, 0) is 0 Å². The average Bonchev–Trinajstić information content (AvgIpc) is 3.15. The first-order chi connectivity index (χ1) is 11.6. The van der Waals surface area contributed by atoms with Gasteiger partial charge in [-0.25, -0.2) is 9.67 Å². The smallest absolute Gasteiger partial charge is 0.255 e. The lowest BCUT2D eigenvalue weighted by Crippen LogP contribution is -2.29. The van der Waals surface area contributed by atoms with E-state index in [-0.39, 0.29) is 11.9 Å². The zero-order valence-corrected chi connectivity index (χ0v) is 15.0. The highest BCUT2D eigenvalue weighted by Gasteiger charge is 2.20. The highest BCUT2D eigenvalue weighted by Crippen LogP contribution is 2.24. The Balaban J connectivity index is 1.79. The van der Waals surface area contributed by atoms with Crippen molar-refractivity contribution in [2.24, 2.45) is 0 Å². The summed E-state index contributed by atoms with van der Waals surface area (Å²) in [5.74, 6) is -0.0182. The largest absolute Gasteiger partial charge is 0.335 e. The molecule has 2 aromatic carbocycles. The van der Waals surface area contributed by atoms with E-state index in [1.807, 2.05) is 62.5 Å². The zero-order valence-electron chi connectivity index (χ0n) is 13.4. The molecule has 0 aliphatic rings. The zero-order chi connectivity index (χ0) is 17.1. The van der Waals surface area contributed by atoms with Crippen molar-refractivity contribution in [3.8, 4) is 5.69 Å². The number of nitrogens with zero attached hydrogens (tertiary/aromatic N) is 4. The Labute approximate surface area is 149 Å². The highest BCUT2D eigenvalue weighted by atomic mass is 79.9. The summed E-state index contributed by atoms with van der Waals surface area (Å²) in [6.45, 7) is 2.01. The standard InChI is InChI=1S/C18H17BrN4O/c1-13(22(2)18(24)16-5-3-4-6-17(16)19)14-7-9-15(10-8-14)23-12-20-11-21-23/h3-13H,1-2H3/t13-/m0/s1. The van der Waals surface area contributed by atoms with Crippen molar-refractivity contribution in [2.75, 3.05) is 7.05 Å². The van der Waals surface area contributed by atoms with Gasteiger partial charge in [0.15, 0.2) is 0 Å². The summed E-state index contributed by atoms with van der Waals surface area (Å²) >= 11 is 3.44. The van der Waals surface area contributed by atoms with Gasteiger partial charge in [0.1, 0.15) is 12.7 Å². The summed E-state index contributed by atoms with van der Waals surface area (Å²) in [4.78, 5) is 18.4. The normalized spacial score (nSPS) is 12.0. The predicted molar refractivity (Wildman–Crippen MR) is 96.0 cm³/mol. The molecule has 0 bridgehead atoms. The van der Waals surface area contributed by atoms with Crippen LogP contribution in [-0.4, -0.2) is 32.6 Å². The first kappa shape index (κ1) is 16.4. The molecule has 3 aromatic rings. The number of amides is 1. The number of hydrogen-bond donors (Lipinski definition) is 0. The first-order valence-electron chi connectivity index (χ1n) is 7.54. The molecule has 1 atom stereocenters. The maximum Gasteiger partial charge on any atom is 0.255 e. The summed E-state index contributed by atoms with van der Waals surface area (Å²) in [5.41, 5.74) is 2.65. The second kappa shape index (κ2) is 6.97. The number of rotatable bonds is 4. The van der Waals surface area contributed by atoms with Gasteiger partial charge < -0.3 is 4.90 Å². The molecule has 0 unspecified atom stereocenters. The van der Waals surface area contributed by atoms with Crippen molar-refractivity contribution < 1.29 is 4.79 Å². The fraction of sp³-hybridized carbons (Fsp3) is 0.167. The van der Waals surface area contributed by atoms with Crippen molar-refractivity contribution in [2.45, 2.75) is 13.0 Å². The molecule has 1 heterocycles. The van der Waals surface area contributed by atoms with Crippen LogP contribution in [0.4, 0.5) is 0 Å². The van der Waals surface area contributed by atoms with E-state index in [1.165, 1.54) is 6.33 Å². The second-order valence-corrected chi connectivity index (χ2v) is 6.36. The fourth-order valence-corrected chi connectivity index (χ4v) is 2.93. The molecule has 1 aromatic heterocycles. The van der Waals surface area contributed by atoms with Gasteiger partial charge in [0, 0.05) is 11.5 Å². The molecular formula is C18H17BrN4O. The molecular weight excluding hydrogens is 368 g/mol. The monoisotopic (exact) mass is 384 g/mol. The summed E-state index contributed by atoms with van der Waals surface area (Å²) in [5, 5.41) is 4.11. The maximum absolute atomic E-state index is 12.7. The molecule has 5 nitrogen and oxygen atoms in total. The highest BCUT2D eigenvalue weighted by molar-refractivity contribution is 9.10. The third kappa shape index (κ3) is 3.23. The van der Waals surface area contributed by atoms with Gasteiger partial charge in [0.05, 0.1) is 17.3 Å². The molecule has 0 aliphatic heterocycles.